The second kappa shape index (κ2) is 12.3. The average molecular weight is 511 g/mol. The minimum absolute atomic E-state index is 0.234. The predicted molar refractivity (Wildman–Crippen MR) is 134 cm³/mol. The van der Waals surface area contributed by atoms with E-state index in [1.807, 2.05) is 12.2 Å². The summed E-state index contributed by atoms with van der Waals surface area (Å²) in [5.74, 6) is 0.566. The molecular formula is C26H33F3N2O3S. The Bertz CT molecular complexity index is 1060. The summed E-state index contributed by atoms with van der Waals surface area (Å²) in [4.78, 5) is -0.234. The van der Waals surface area contributed by atoms with Gasteiger partial charge in [-0.3, -0.25) is 4.31 Å². The van der Waals surface area contributed by atoms with E-state index in [9.17, 15) is 21.6 Å². The molecule has 0 unspecified atom stereocenters. The van der Waals surface area contributed by atoms with Gasteiger partial charge in [0.05, 0.1) is 16.1 Å². The Morgan fingerprint density at radius 2 is 1.51 bits per heavy atom. The topological polar surface area (TPSA) is 72.6 Å². The highest BCUT2D eigenvalue weighted by molar-refractivity contribution is 7.92. The molecule has 0 aromatic heterocycles. The van der Waals surface area contributed by atoms with Crippen molar-refractivity contribution in [3.05, 3.63) is 79.4 Å². The van der Waals surface area contributed by atoms with E-state index in [0.29, 0.717) is 30.8 Å². The van der Waals surface area contributed by atoms with Gasteiger partial charge in [0.2, 0.25) is 0 Å². The number of anilines is 1. The summed E-state index contributed by atoms with van der Waals surface area (Å²) < 4.78 is 71.7. The molecule has 0 fully saturated rings. The molecule has 0 bridgehead atoms. The van der Waals surface area contributed by atoms with Crippen LogP contribution in [0.4, 0.5) is 18.9 Å². The fourth-order valence-electron chi connectivity index (χ4n) is 3.80. The lowest BCUT2D eigenvalue weighted by atomic mass is 9.88. The molecule has 2 N–H and O–H groups in total. The van der Waals surface area contributed by atoms with E-state index >= 15 is 0 Å². The fourth-order valence-corrected chi connectivity index (χ4v) is 5.00. The number of unbranched alkanes of at least 4 members (excludes halogenated alkanes) is 2. The quantitative estimate of drug-likeness (QED) is 0.238. The smallest absolute Gasteiger partial charge is 0.416 e. The molecule has 0 spiro atoms. The third-order valence-corrected chi connectivity index (χ3v) is 7.54. The number of halogens is 3. The Morgan fingerprint density at radius 1 is 0.943 bits per heavy atom. The number of nitrogens with two attached hydrogens (primary N) is 1. The van der Waals surface area contributed by atoms with Gasteiger partial charge in [-0.15, -0.1) is 13.2 Å². The van der Waals surface area contributed by atoms with Crippen molar-refractivity contribution in [1.82, 2.24) is 0 Å². The van der Waals surface area contributed by atoms with Crippen molar-refractivity contribution in [3.63, 3.8) is 0 Å². The molecule has 0 heterocycles. The zero-order valence-electron chi connectivity index (χ0n) is 19.9. The number of sulfonamides is 1. The number of hydrogen-bond acceptors (Lipinski definition) is 4. The predicted octanol–water partition coefficient (Wildman–Crippen LogP) is 6.32. The second-order valence-corrected chi connectivity index (χ2v) is 10.3. The van der Waals surface area contributed by atoms with Gasteiger partial charge >= 0.3 is 6.18 Å². The Balaban J connectivity index is 2.21. The molecule has 0 aliphatic rings. The number of hydrogen-bond donors (Lipinski definition) is 1. The molecule has 192 valence electrons. The van der Waals surface area contributed by atoms with Crippen molar-refractivity contribution in [2.24, 2.45) is 5.73 Å². The Morgan fingerprint density at radius 3 is 2.00 bits per heavy atom. The molecule has 0 saturated heterocycles. The molecular weight excluding hydrogens is 477 g/mol. The van der Waals surface area contributed by atoms with Crippen LogP contribution >= 0.6 is 0 Å². The van der Waals surface area contributed by atoms with Crippen molar-refractivity contribution < 1.29 is 26.3 Å². The molecule has 2 aromatic rings. The summed E-state index contributed by atoms with van der Waals surface area (Å²) in [6, 6.07) is 9.96. The fraction of sp³-hybridized carbons (Fsp3) is 0.385. The highest BCUT2D eigenvalue weighted by Gasteiger charge is 2.32. The van der Waals surface area contributed by atoms with Crippen molar-refractivity contribution in [2.75, 3.05) is 17.9 Å². The Hall–Kier alpha value is -2.78. The molecule has 35 heavy (non-hydrogen) atoms. The number of rotatable bonds is 14. The molecule has 0 aliphatic carbocycles. The van der Waals surface area contributed by atoms with Crippen LogP contribution in [0.15, 0.2) is 78.7 Å². The number of ether oxygens (including phenoxy) is 1. The number of alkyl halides is 3. The third-order valence-electron chi connectivity index (χ3n) is 5.74. The average Bonchev–Trinajstić information content (AvgIpc) is 2.82. The van der Waals surface area contributed by atoms with Crippen LogP contribution < -0.4 is 14.8 Å². The normalized spacial score (nSPS) is 12.3. The van der Waals surface area contributed by atoms with Gasteiger partial charge in [-0.1, -0.05) is 18.6 Å². The van der Waals surface area contributed by atoms with Crippen molar-refractivity contribution in [1.29, 1.82) is 0 Å². The summed E-state index contributed by atoms with van der Waals surface area (Å²) in [5, 5.41) is 0. The monoisotopic (exact) mass is 510 g/mol. The largest absolute Gasteiger partial charge is 0.487 e. The van der Waals surface area contributed by atoms with E-state index in [0.717, 1.165) is 54.3 Å². The summed E-state index contributed by atoms with van der Waals surface area (Å²) in [6.07, 6.45) is 3.96. The van der Waals surface area contributed by atoms with E-state index in [2.05, 4.69) is 13.2 Å². The van der Waals surface area contributed by atoms with Gasteiger partial charge < -0.3 is 10.5 Å². The van der Waals surface area contributed by atoms with Crippen LogP contribution in [0.5, 0.6) is 5.75 Å². The van der Waals surface area contributed by atoms with Crippen LogP contribution in [0.2, 0.25) is 0 Å². The van der Waals surface area contributed by atoms with E-state index in [1.54, 1.807) is 24.3 Å². The van der Waals surface area contributed by atoms with Crippen LogP contribution in [0.1, 0.15) is 44.1 Å². The summed E-state index contributed by atoms with van der Waals surface area (Å²) in [6.45, 7) is 8.35. The second-order valence-electron chi connectivity index (χ2n) is 8.36. The van der Waals surface area contributed by atoms with E-state index < -0.39 is 27.4 Å². The molecule has 0 aliphatic heterocycles. The number of nitrogens with zero attached hydrogens (tertiary/aromatic N) is 1. The summed E-state index contributed by atoms with van der Waals surface area (Å²) >= 11 is 0. The van der Waals surface area contributed by atoms with Gasteiger partial charge in [-0.25, -0.2) is 8.42 Å². The first-order chi connectivity index (χ1) is 16.5. The van der Waals surface area contributed by atoms with Crippen molar-refractivity contribution >= 4 is 15.7 Å². The number of benzene rings is 2. The minimum atomic E-state index is -4.54. The van der Waals surface area contributed by atoms with Gasteiger partial charge in [0, 0.05) is 19.9 Å². The lowest BCUT2D eigenvalue weighted by molar-refractivity contribution is -0.137. The molecule has 2 aromatic carbocycles. The van der Waals surface area contributed by atoms with Crippen LogP contribution in [0, 0.1) is 0 Å². The molecule has 0 saturated carbocycles. The van der Waals surface area contributed by atoms with E-state index in [1.165, 1.54) is 7.05 Å². The summed E-state index contributed by atoms with van der Waals surface area (Å²) in [7, 11) is -2.70. The molecule has 0 amide bonds. The van der Waals surface area contributed by atoms with Gasteiger partial charge in [0.25, 0.3) is 10.0 Å². The molecule has 2 rings (SSSR count). The maximum atomic E-state index is 12.9. The molecule has 5 nitrogen and oxygen atoms in total. The first kappa shape index (κ1) is 28.5. The summed E-state index contributed by atoms with van der Waals surface area (Å²) in [5.41, 5.74) is 4.51. The Kier molecular flexibility index (Phi) is 9.97. The van der Waals surface area contributed by atoms with Crippen LogP contribution in [0.25, 0.3) is 0 Å². The van der Waals surface area contributed by atoms with Crippen LogP contribution in [0.3, 0.4) is 0 Å². The van der Waals surface area contributed by atoms with Crippen molar-refractivity contribution in [2.45, 2.75) is 55.2 Å². The van der Waals surface area contributed by atoms with Gasteiger partial charge in [-0.05, 0) is 74.3 Å². The zero-order valence-corrected chi connectivity index (χ0v) is 20.7. The maximum Gasteiger partial charge on any atom is 0.416 e. The SMILES string of the molecule is C=CCC(CC=C)(CCCCCN)Oc1ccc(N(C)S(=O)(=O)c2ccc(C(F)(F)F)cc2)cc1. The van der Waals surface area contributed by atoms with E-state index in [-0.39, 0.29) is 4.90 Å². The standard InChI is InChI=1S/C26H33F3N2O3S/c1-4-17-25(18-5-2,19-7-6-8-20-30)34-23-13-11-22(12-14-23)31(3)35(32,33)24-15-9-21(10-16-24)26(27,28)29/h4-5,9-16H,1-2,6-8,17-20,30H2,3H3. The Labute approximate surface area is 206 Å². The first-order valence-electron chi connectivity index (χ1n) is 11.4. The van der Waals surface area contributed by atoms with Gasteiger partial charge in [0.1, 0.15) is 11.4 Å². The zero-order chi connectivity index (χ0) is 26.1. The van der Waals surface area contributed by atoms with Gasteiger partial charge in [0.15, 0.2) is 0 Å². The van der Waals surface area contributed by atoms with E-state index in [4.69, 9.17) is 10.5 Å². The minimum Gasteiger partial charge on any atom is -0.487 e. The van der Waals surface area contributed by atoms with Crippen LogP contribution in [-0.2, 0) is 16.2 Å². The highest BCUT2D eigenvalue weighted by Crippen LogP contribution is 2.33. The van der Waals surface area contributed by atoms with Gasteiger partial charge in [-0.2, -0.15) is 13.2 Å². The maximum absolute atomic E-state index is 12.9. The highest BCUT2D eigenvalue weighted by atomic mass is 32.2. The first-order valence-corrected chi connectivity index (χ1v) is 12.8. The van der Waals surface area contributed by atoms with Crippen LogP contribution in [-0.4, -0.2) is 27.6 Å². The lowest BCUT2D eigenvalue weighted by Crippen LogP contribution is -2.35. The lowest BCUT2D eigenvalue weighted by Gasteiger charge is -2.33. The third kappa shape index (κ3) is 7.60. The van der Waals surface area contributed by atoms with Crippen molar-refractivity contribution in [3.8, 4) is 5.75 Å². The molecule has 0 radical (unpaired) electrons. The molecule has 9 heteroatoms. The molecule has 0 atom stereocenters.